The molecule has 1 heterocycles. The van der Waals surface area contributed by atoms with Gasteiger partial charge in [-0.05, 0) is 41.0 Å². The molecule has 0 atom stereocenters. The number of fused-ring (bicyclic) bond motifs is 1. The quantitative estimate of drug-likeness (QED) is 0.928. The van der Waals surface area contributed by atoms with Crippen LogP contribution in [0.25, 0.3) is 0 Å². The summed E-state index contributed by atoms with van der Waals surface area (Å²) < 4.78 is 1.03. The molecule has 0 saturated heterocycles. The molecule has 0 spiro atoms. The molecule has 0 aromatic heterocycles. The zero-order chi connectivity index (χ0) is 13.1. The molecule has 0 bridgehead atoms. The van der Waals surface area contributed by atoms with Gasteiger partial charge in [0, 0.05) is 31.0 Å². The van der Waals surface area contributed by atoms with Crippen LogP contribution in [0.4, 0.5) is 11.4 Å². The molecule has 1 aliphatic heterocycles. The van der Waals surface area contributed by atoms with Crippen molar-refractivity contribution in [3.8, 4) is 0 Å². The zero-order valence-corrected chi connectivity index (χ0v) is 12.1. The van der Waals surface area contributed by atoms with Gasteiger partial charge in [0.1, 0.15) is 0 Å². The van der Waals surface area contributed by atoms with Crippen LogP contribution >= 0.6 is 15.9 Å². The molecule has 18 heavy (non-hydrogen) atoms. The first-order chi connectivity index (χ1) is 8.65. The SMILES string of the molecule is CN1C(=O)CCN(CCCN)c2c(Br)cccc21. The van der Waals surface area contributed by atoms with E-state index in [-0.39, 0.29) is 5.91 Å². The van der Waals surface area contributed by atoms with Crippen LogP contribution in [-0.2, 0) is 4.79 Å². The van der Waals surface area contributed by atoms with Gasteiger partial charge in [-0.25, -0.2) is 0 Å². The molecule has 0 fully saturated rings. The number of amides is 1. The van der Waals surface area contributed by atoms with Crippen LogP contribution in [0, 0.1) is 0 Å². The predicted molar refractivity (Wildman–Crippen MR) is 78.1 cm³/mol. The molecule has 0 radical (unpaired) electrons. The molecule has 2 rings (SSSR count). The standard InChI is InChI=1S/C13H18BrN3O/c1-16-11-5-2-4-10(14)13(11)17(8-3-7-15)9-6-12(16)18/h2,4-5H,3,6-9,15H2,1H3. The van der Waals surface area contributed by atoms with E-state index in [0.717, 1.165) is 35.4 Å². The number of carbonyl (C=O) groups excluding carboxylic acids is 1. The maximum atomic E-state index is 12.0. The van der Waals surface area contributed by atoms with Gasteiger partial charge in [0.15, 0.2) is 0 Å². The largest absolute Gasteiger partial charge is 0.368 e. The maximum absolute atomic E-state index is 12.0. The van der Waals surface area contributed by atoms with E-state index >= 15 is 0 Å². The number of hydrogen-bond acceptors (Lipinski definition) is 3. The molecule has 4 nitrogen and oxygen atoms in total. The fraction of sp³-hybridized carbons (Fsp3) is 0.462. The van der Waals surface area contributed by atoms with Gasteiger partial charge < -0.3 is 15.5 Å². The van der Waals surface area contributed by atoms with E-state index in [2.05, 4.69) is 20.8 Å². The van der Waals surface area contributed by atoms with Gasteiger partial charge in [-0.3, -0.25) is 4.79 Å². The molecule has 0 saturated carbocycles. The average molecular weight is 312 g/mol. The van der Waals surface area contributed by atoms with Gasteiger partial charge in [-0.1, -0.05) is 6.07 Å². The molecule has 0 aliphatic carbocycles. The number of anilines is 2. The Hall–Kier alpha value is -1.07. The normalized spacial score (nSPS) is 15.6. The highest BCUT2D eigenvalue weighted by atomic mass is 79.9. The summed E-state index contributed by atoms with van der Waals surface area (Å²) in [6.07, 6.45) is 1.47. The lowest BCUT2D eigenvalue weighted by Crippen LogP contribution is -2.28. The monoisotopic (exact) mass is 311 g/mol. The Bertz CT molecular complexity index is 450. The number of carbonyl (C=O) groups is 1. The minimum absolute atomic E-state index is 0.157. The first-order valence-corrected chi connectivity index (χ1v) is 6.94. The van der Waals surface area contributed by atoms with Crippen molar-refractivity contribution in [1.29, 1.82) is 0 Å². The highest BCUT2D eigenvalue weighted by Crippen LogP contribution is 2.38. The van der Waals surface area contributed by atoms with Crippen molar-refractivity contribution in [3.05, 3.63) is 22.7 Å². The summed E-state index contributed by atoms with van der Waals surface area (Å²) in [5.74, 6) is 0.157. The van der Waals surface area contributed by atoms with Crippen molar-refractivity contribution in [2.24, 2.45) is 5.73 Å². The lowest BCUT2D eigenvalue weighted by molar-refractivity contribution is -0.118. The van der Waals surface area contributed by atoms with Crippen molar-refractivity contribution in [1.82, 2.24) is 0 Å². The highest BCUT2D eigenvalue weighted by Gasteiger charge is 2.24. The van der Waals surface area contributed by atoms with E-state index in [1.165, 1.54) is 0 Å². The molecule has 1 aromatic rings. The third kappa shape index (κ3) is 2.52. The summed E-state index contributed by atoms with van der Waals surface area (Å²) >= 11 is 3.59. The maximum Gasteiger partial charge on any atom is 0.228 e. The Kier molecular flexibility index (Phi) is 4.24. The Labute approximate surface area is 116 Å². The Morgan fingerprint density at radius 1 is 1.44 bits per heavy atom. The second kappa shape index (κ2) is 5.71. The van der Waals surface area contributed by atoms with E-state index in [1.54, 1.807) is 4.90 Å². The molecule has 0 unspecified atom stereocenters. The van der Waals surface area contributed by atoms with E-state index < -0.39 is 0 Å². The van der Waals surface area contributed by atoms with Crippen LogP contribution in [0.15, 0.2) is 22.7 Å². The van der Waals surface area contributed by atoms with Crippen molar-refractivity contribution in [2.75, 3.05) is 36.5 Å². The summed E-state index contributed by atoms with van der Waals surface area (Å²) in [5.41, 5.74) is 7.64. The minimum Gasteiger partial charge on any atom is -0.368 e. The minimum atomic E-state index is 0.157. The van der Waals surface area contributed by atoms with Gasteiger partial charge in [-0.2, -0.15) is 0 Å². The number of para-hydroxylation sites is 1. The first-order valence-electron chi connectivity index (χ1n) is 6.15. The third-order valence-electron chi connectivity index (χ3n) is 3.24. The van der Waals surface area contributed by atoms with E-state index in [0.29, 0.717) is 13.0 Å². The fourth-order valence-electron chi connectivity index (χ4n) is 2.24. The Balaban J connectivity index is 2.42. The molecular formula is C13H18BrN3O. The van der Waals surface area contributed by atoms with Crippen molar-refractivity contribution in [3.63, 3.8) is 0 Å². The van der Waals surface area contributed by atoms with Crippen LogP contribution in [0.1, 0.15) is 12.8 Å². The summed E-state index contributed by atoms with van der Waals surface area (Å²) in [6.45, 7) is 2.30. The highest BCUT2D eigenvalue weighted by molar-refractivity contribution is 9.10. The summed E-state index contributed by atoms with van der Waals surface area (Å²) in [5, 5.41) is 0. The van der Waals surface area contributed by atoms with Crippen molar-refractivity contribution in [2.45, 2.75) is 12.8 Å². The number of rotatable bonds is 3. The molecule has 98 valence electrons. The topological polar surface area (TPSA) is 49.6 Å². The number of hydrogen-bond donors (Lipinski definition) is 1. The van der Waals surface area contributed by atoms with E-state index in [1.807, 2.05) is 25.2 Å². The second-order valence-corrected chi connectivity index (χ2v) is 5.29. The number of halogens is 1. The summed E-state index contributed by atoms with van der Waals surface area (Å²) in [7, 11) is 1.83. The lowest BCUT2D eigenvalue weighted by atomic mass is 10.2. The number of benzene rings is 1. The third-order valence-corrected chi connectivity index (χ3v) is 3.88. The molecular weight excluding hydrogens is 294 g/mol. The fourth-order valence-corrected chi connectivity index (χ4v) is 2.84. The molecule has 1 amide bonds. The van der Waals surface area contributed by atoms with Gasteiger partial charge in [-0.15, -0.1) is 0 Å². The van der Waals surface area contributed by atoms with Gasteiger partial charge in [0.25, 0.3) is 0 Å². The average Bonchev–Trinajstić information content (AvgIpc) is 2.49. The lowest BCUT2D eigenvalue weighted by Gasteiger charge is -2.26. The van der Waals surface area contributed by atoms with Crippen LogP contribution in [0.2, 0.25) is 0 Å². The molecule has 1 aliphatic rings. The van der Waals surface area contributed by atoms with Crippen molar-refractivity contribution < 1.29 is 4.79 Å². The van der Waals surface area contributed by atoms with Crippen LogP contribution < -0.4 is 15.5 Å². The van der Waals surface area contributed by atoms with Gasteiger partial charge >= 0.3 is 0 Å². The van der Waals surface area contributed by atoms with E-state index in [9.17, 15) is 4.79 Å². The Morgan fingerprint density at radius 2 is 2.22 bits per heavy atom. The summed E-state index contributed by atoms with van der Waals surface area (Å²) in [4.78, 5) is 15.9. The number of nitrogens with two attached hydrogens (primary N) is 1. The van der Waals surface area contributed by atoms with Gasteiger partial charge in [0.05, 0.1) is 11.4 Å². The van der Waals surface area contributed by atoms with Crippen LogP contribution in [0.5, 0.6) is 0 Å². The van der Waals surface area contributed by atoms with Crippen LogP contribution in [0.3, 0.4) is 0 Å². The van der Waals surface area contributed by atoms with E-state index in [4.69, 9.17) is 5.73 Å². The van der Waals surface area contributed by atoms with Crippen LogP contribution in [-0.4, -0.2) is 32.6 Å². The van der Waals surface area contributed by atoms with Gasteiger partial charge in [0.2, 0.25) is 5.91 Å². The molecule has 1 aromatic carbocycles. The Morgan fingerprint density at radius 3 is 2.94 bits per heavy atom. The van der Waals surface area contributed by atoms with Crippen molar-refractivity contribution >= 4 is 33.2 Å². The smallest absolute Gasteiger partial charge is 0.228 e. The first kappa shape index (κ1) is 13.4. The predicted octanol–water partition coefficient (Wildman–Crippen LogP) is 1.97. The zero-order valence-electron chi connectivity index (χ0n) is 10.5. The molecule has 5 heteroatoms. The second-order valence-electron chi connectivity index (χ2n) is 4.44. The molecule has 2 N–H and O–H groups in total. The number of nitrogens with zero attached hydrogens (tertiary/aromatic N) is 2. The summed E-state index contributed by atoms with van der Waals surface area (Å²) in [6, 6.07) is 5.95.